The van der Waals surface area contributed by atoms with Crippen molar-refractivity contribution in [3.05, 3.63) is 158 Å². The van der Waals surface area contributed by atoms with Crippen LogP contribution in [0.3, 0.4) is 0 Å². The van der Waals surface area contributed by atoms with Gasteiger partial charge in [-0.15, -0.1) is 0 Å². The van der Waals surface area contributed by atoms with E-state index in [1.807, 2.05) is 91.0 Å². The second kappa shape index (κ2) is 10.7. The number of ether oxygens (including phenoxy) is 1. The van der Waals surface area contributed by atoms with Crippen LogP contribution < -0.4 is 4.74 Å². The van der Waals surface area contributed by atoms with Crippen molar-refractivity contribution in [2.45, 2.75) is 0 Å². The summed E-state index contributed by atoms with van der Waals surface area (Å²) in [5.41, 5.74) is 9.70. The van der Waals surface area contributed by atoms with E-state index in [1.54, 1.807) is 0 Å². The number of hydrogen-bond donors (Lipinski definition) is 0. The van der Waals surface area contributed by atoms with E-state index < -0.39 is 0 Å². The van der Waals surface area contributed by atoms with Crippen LogP contribution in [0, 0.1) is 0 Å². The first-order valence-corrected chi connectivity index (χ1v) is 16.9. The number of para-hydroxylation sites is 4. The van der Waals surface area contributed by atoms with Gasteiger partial charge in [0.05, 0.1) is 22.3 Å². The van der Waals surface area contributed by atoms with Gasteiger partial charge in [-0.3, -0.25) is 0 Å². The molecule has 0 unspecified atom stereocenters. The first kappa shape index (κ1) is 27.9. The molecule has 7 aromatic carbocycles. The predicted octanol–water partition coefficient (Wildman–Crippen LogP) is 11.6. The largest absolute Gasteiger partial charge is 0.455 e. The first-order chi connectivity index (χ1) is 25.3. The van der Waals surface area contributed by atoms with E-state index >= 15 is 0 Å². The number of nitrogens with zero attached hydrogens (tertiary/aromatic N) is 4. The molecule has 0 N–H and O–H groups in total. The molecule has 0 atom stereocenters. The maximum atomic E-state index is 6.71. The molecule has 4 heterocycles. The third kappa shape index (κ3) is 4.26. The Morgan fingerprint density at radius 3 is 1.88 bits per heavy atom. The highest BCUT2D eigenvalue weighted by Gasteiger charge is 2.24. The molecule has 0 fully saturated rings. The second-order valence-corrected chi connectivity index (χ2v) is 12.8. The summed E-state index contributed by atoms with van der Waals surface area (Å²) >= 11 is 0. The Morgan fingerprint density at radius 1 is 0.431 bits per heavy atom. The van der Waals surface area contributed by atoms with E-state index in [0.717, 1.165) is 83.4 Å². The predicted molar refractivity (Wildman–Crippen MR) is 203 cm³/mol. The van der Waals surface area contributed by atoms with E-state index in [4.69, 9.17) is 24.1 Å². The molecule has 0 bridgehead atoms. The zero-order valence-electron chi connectivity index (χ0n) is 27.1. The van der Waals surface area contributed by atoms with E-state index in [1.165, 1.54) is 5.39 Å². The summed E-state index contributed by atoms with van der Waals surface area (Å²) in [5.74, 6) is 3.52. The highest BCUT2D eigenvalue weighted by Crippen LogP contribution is 2.46. The van der Waals surface area contributed by atoms with Crippen molar-refractivity contribution in [2.75, 3.05) is 0 Å². The molecular weight excluding hydrogens is 629 g/mol. The van der Waals surface area contributed by atoms with Gasteiger partial charge in [0.15, 0.2) is 29.0 Å². The van der Waals surface area contributed by atoms with Gasteiger partial charge in [-0.2, -0.15) is 0 Å². The smallest absolute Gasteiger partial charge is 0.167 e. The maximum absolute atomic E-state index is 6.71. The van der Waals surface area contributed by atoms with Crippen LogP contribution in [0.5, 0.6) is 11.5 Å². The van der Waals surface area contributed by atoms with Gasteiger partial charge in [0.2, 0.25) is 0 Å². The van der Waals surface area contributed by atoms with Crippen LogP contribution in [0.15, 0.2) is 162 Å². The molecular formula is C45H26N4O2. The first-order valence-electron chi connectivity index (χ1n) is 16.9. The van der Waals surface area contributed by atoms with Crippen LogP contribution in [0.25, 0.3) is 94.7 Å². The van der Waals surface area contributed by atoms with Gasteiger partial charge in [0.1, 0.15) is 11.2 Å². The molecule has 51 heavy (non-hydrogen) atoms. The Kier molecular flexibility index (Phi) is 5.86. The molecule has 1 aliphatic heterocycles. The molecule has 6 heteroatoms. The topological polar surface area (TPSA) is 66.0 Å². The van der Waals surface area contributed by atoms with Crippen LogP contribution in [-0.2, 0) is 0 Å². The summed E-state index contributed by atoms with van der Waals surface area (Å²) in [6.45, 7) is 0. The number of rotatable bonds is 4. The lowest BCUT2D eigenvalue weighted by molar-refractivity contribution is 0.476. The molecule has 0 saturated heterocycles. The minimum atomic E-state index is 0.566. The van der Waals surface area contributed by atoms with Crippen molar-refractivity contribution in [3.63, 3.8) is 0 Å². The van der Waals surface area contributed by atoms with Crippen LogP contribution in [0.2, 0.25) is 0 Å². The Labute approximate surface area is 291 Å². The van der Waals surface area contributed by atoms with Gasteiger partial charge < -0.3 is 13.7 Å². The lowest BCUT2D eigenvalue weighted by Gasteiger charge is -2.20. The zero-order valence-corrected chi connectivity index (χ0v) is 27.1. The molecule has 0 amide bonds. The monoisotopic (exact) mass is 654 g/mol. The Bertz CT molecular complexity index is 2940. The third-order valence-corrected chi connectivity index (χ3v) is 9.85. The Balaban J connectivity index is 1.06. The molecule has 0 spiro atoms. The van der Waals surface area contributed by atoms with Gasteiger partial charge in [-0.05, 0) is 59.7 Å². The molecule has 6 nitrogen and oxygen atoms in total. The second-order valence-electron chi connectivity index (χ2n) is 12.8. The van der Waals surface area contributed by atoms with E-state index in [9.17, 15) is 0 Å². The van der Waals surface area contributed by atoms with E-state index in [0.29, 0.717) is 17.5 Å². The molecule has 10 aromatic rings. The minimum Gasteiger partial charge on any atom is -0.455 e. The highest BCUT2D eigenvalue weighted by molar-refractivity contribution is 6.14. The summed E-state index contributed by atoms with van der Waals surface area (Å²) in [6, 6.07) is 53.9. The zero-order chi connectivity index (χ0) is 33.5. The molecule has 0 saturated carbocycles. The van der Waals surface area contributed by atoms with Crippen molar-refractivity contribution in [1.82, 2.24) is 19.5 Å². The number of hydrogen-bond acceptors (Lipinski definition) is 5. The van der Waals surface area contributed by atoms with Crippen LogP contribution in [-0.4, -0.2) is 19.5 Å². The van der Waals surface area contributed by atoms with Crippen molar-refractivity contribution in [3.8, 4) is 62.5 Å². The fourth-order valence-electron chi connectivity index (χ4n) is 7.48. The van der Waals surface area contributed by atoms with Gasteiger partial charge in [0.25, 0.3) is 0 Å². The summed E-state index contributed by atoms with van der Waals surface area (Å²) in [6.07, 6.45) is 0. The number of aromatic nitrogens is 4. The fraction of sp³-hybridized carbons (Fsp3) is 0. The third-order valence-electron chi connectivity index (χ3n) is 9.85. The van der Waals surface area contributed by atoms with Crippen LogP contribution in [0.1, 0.15) is 0 Å². The van der Waals surface area contributed by atoms with Crippen molar-refractivity contribution in [1.29, 1.82) is 0 Å². The van der Waals surface area contributed by atoms with Crippen molar-refractivity contribution < 1.29 is 9.15 Å². The van der Waals surface area contributed by atoms with E-state index in [2.05, 4.69) is 71.3 Å². The average Bonchev–Trinajstić information content (AvgIpc) is 3.75. The number of fused-ring (bicyclic) bond motifs is 8. The van der Waals surface area contributed by atoms with E-state index in [-0.39, 0.29) is 0 Å². The quantitative estimate of drug-likeness (QED) is 0.189. The van der Waals surface area contributed by atoms with Gasteiger partial charge in [-0.25, -0.2) is 15.0 Å². The Morgan fingerprint density at radius 2 is 1.08 bits per heavy atom. The molecule has 0 aliphatic carbocycles. The average molecular weight is 655 g/mol. The van der Waals surface area contributed by atoms with Crippen molar-refractivity contribution in [2.24, 2.45) is 0 Å². The SMILES string of the molecule is c1ccc(-c2nc(-c3ccccc3)nc(-c3cccc4c3oc3cc(-c5ccc6c(c5)c5cccc7c5n6-c5ccccc5O7)ccc34)n2)cc1. The lowest BCUT2D eigenvalue weighted by Crippen LogP contribution is -2.03. The van der Waals surface area contributed by atoms with Crippen LogP contribution in [0.4, 0.5) is 0 Å². The highest BCUT2D eigenvalue weighted by atomic mass is 16.5. The number of furan rings is 1. The molecule has 238 valence electrons. The molecule has 0 radical (unpaired) electrons. The number of benzene rings is 7. The molecule has 3 aromatic heterocycles. The summed E-state index contributed by atoms with van der Waals surface area (Å²) in [4.78, 5) is 14.8. The van der Waals surface area contributed by atoms with Gasteiger partial charge >= 0.3 is 0 Å². The van der Waals surface area contributed by atoms with Crippen molar-refractivity contribution >= 4 is 43.7 Å². The van der Waals surface area contributed by atoms with Gasteiger partial charge in [-0.1, -0.05) is 109 Å². The Hall–Kier alpha value is -7.05. The summed E-state index contributed by atoms with van der Waals surface area (Å²) in [5, 5.41) is 4.39. The summed E-state index contributed by atoms with van der Waals surface area (Å²) in [7, 11) is 0. The molecule has 11 rings (SSSR count). The normalized spacial score (nSPS) is 12.1. The van der Waals surface area contributed by atoms with Gasteiger partial charge in [0, 0.05) is 32.7 Å². The maximum Gasteiger partial charge on any atom is 0.167 e. The molecule has 1 aliphatic rings. The fourth-order valence-corrected chi connectivity index (χ4v) is 7.48. The minimum absolute atomic E-state index is 0.566. The van der Waals surface area contributed by atoms with Crippen LogP contribution >= 0.6 is 0 Å². The lowest BCUT2D eigenvalue weighted by atomic mass is 10.0. The standard InChI is InChI=1S/C45H26N4O2/c1-3-11-27(12-4-1)43-46-44(28-13-5-2-6-14-28)48-45(47-43)34-17-9-16-33-31-23-21-30(26-40(31)51-42(33)34)29-22-24-36-35(25-29)32-15-10-20-39-41(32)49(36)37-18-7-8-19-38(37)50-39/h1-26H. The summed E-state index contributed by atoms with van der Waals surface area (Å²) < 4.78 is 15.4.